The van der Waals surface area contributed by atoms with Gasteiger partial charge in [0.1, 0.15) is 5.82 Å². The molecule has 3 aromatic carbocycles. The molecule has 1 nitrogen and oxygen atoms in total. The third-order valence-electron chi connectivity index (χ3n) is 3.47. The molecule has 0 aliphatic heterocycles. The van der Waals surface area contributed by atoms with E-state index in [1.54, 1.807) is 25.1 Å². The zero-order chi connectivity index (χ0) is 14.1. The van der Waals surface area contributed by atoms with Gasteiger partial charge in [0.2, 0.25) is 0 Å². The highest BCUT2D eigenvalue weighted by Crippen LogP contribution is 2.22. The van der Waals surface area contributed by atoms with Crippen molar-refractivity contribution in [2.75, 3.05) is 0 Å². The topological polar surface area (TPSA) is 17.1 Å². The van der Waals surface area contributed by atoms with Crippen molar-refractivity contribution < 1.29 is 9.18 Å². The largest absolute Gasteiger partial charge is 0.289 e. The molecule has 0 atom stereocenters. The van der Waals surface area contributed by atoms with Crippen molar-refractivity contribution in [3.63, 3.8) is 0 Å². The van der Waals surface area contributed by atoms with Crippen molar-refractivity contribution in [1.82, 2.24) is 0 Å². The Morgan fingerprint density at radius 3 is 2.50 bits per heavy atom. The molecule has 0 N–H and O–H groups in total. The molecule has 3 aromatic rings. The minimum atomic E-state index is -0.351. The Morgan fingerprint density at radius 1 is 0.950 bits per heavy atom. The van der Waals surface area contributed by atoms with Crippen molar-refractivity contribution in [3.8, 4) is 0 Å². The predicted molar refractivity (Wildman–Crippen MR) is 78.5 cm³/mol. The second-order valence-corrected chi connectivity index (χ2v) is 4.82. The molecule has 0 unspecified atom stereocenters. The van der Waals surface area contributed by atoms with Crippen LogP contribution in [0.15, 0.2) is 60.7 Å². The van der Waals surface area contributed by atoms with Gasteiger partial charge in [0.25, 0.3) is 0 Å². The average molecular weight is 264 g/mol. The molecule has 0 heterocycles. The summed E-state index contributed by atoms with van der Waals surface area (Å²) in [4.78, 5) is 12.6. The third kappa shape index (κ3) is 2.10. The van der Waals surface area contributed by atoms with Crippen LogP contribution in [0.2, 0.25) is 0 Å². The van der Waals surface area contributed by atoms with E-state index in [4.69, 9.17) is 0 Å². The molecule has 0 aromatic heterocycles. The van der Waals surface area contributed by atoms with Gasteiger partial charge in [0, 0.05) is 11.1 Å². The maximum atomic E-state index is 13.6. The van der Waals surface area contributed by atoms with Gasteiger partial charge in [-0.3, -0.25) is 4.79 Å². The van der Waals surface area contributed by atoms with E-state index in [1.807, 2.05) is 36.4 Å². The molecule has 20 heavy (non-hydrogen) atoms. The summed E-state index contributed by atoms with van der Waals surface area (Å²) in [7, 11) is 0. The summed E-state index contributed by atoms with van der Waals surface area (Å²) >= 11 is 0. The zero-order valence-corrected chi connectivity index (χ0v) is 11.1. The van der Waals surface area contributed by atoms with Crippen LogP contribution in [0.5, 0.6) is 0 Å². The smallest absolute Gasteiger partial charge is 0.193 e. The number of aryl methyl sites for hydroxylation is 1. The summed E-state index contributed by atoms with van der Waals surface area (Å²) in [5, 5.41) is 1.90. The van der Waals surface area contributed by atoms with Crippen LogP contribution >= 0.6 is 0 Å². The number of hydrogen-bond acceptors (Lipinski definition) is 1. The summed E-state index contributed by atoms with van der Waals surface area (Å²) in [6.07, 6.45) is 0. The summed E-state index contributed by atoms with van der Waals surface area (Å²) in [6, 6.07) is 17.9. The van der Waals surface area contributed by atoms with Crippen LogP contribution in [0.4, 0.5) is 4.39 Å². The van der Waals surface area contributed by atoms with E-state index in [-0.39, 0.29) is 11.6 Å². The Bertz CT molecular complexity index is 800. The predicted octanol–water partition coefficient (Wildman–Crippen LogP) is 4.52. The summed E-state index contributed by atoms with van der Waals surface area (Å²) < 4.78 is 13.6. The van der Waals surface area contributed by atoms with Crippen molar-refractivity contribution in [1.29, 1.82) is 0 Å². The first-order valence-corrected chi connectivity index (χ1v) is 6.45. The number of carbonyl (C=O) groups is 1. The second-order valence-electron chi connectivity index (χ2n) is 4.82. The van der Waals surface area contributed by atoms with Gasteiger partial charge in [-0.05, 0) is 29.3 Å². The lowest BCUT2D eigenvalue weighted by molar-refractivity contribution is 0.104. The third-order valence-corrected chi connectivity index (χ3v) is 3.47. The van der Waals surface area contributed by atoms with Crippen molar-refractivity contribution >= 4 is 16.6 Å². The van der Waals surface area contributed by atoms with Crippen molar-refractivity contribution in [3.05, 3.63) is 83.2 Å². The lowest BCUT2D eigenvalue weighted by Gasteiger charge is -2.06. The highest BCUT2D eigenvalue weighted by Gasteiger charge is 2.13. The lowest BCUT2D eigenvalue weighted by atomic mass is 9.97. The molecule has 0 amide bonds. The first-order chi connectivity index (χ1) is 9.66. The standard InChI is InChI=1S/C18H13FO/c1-12-9-10-14(11-17(12)19)18(20)16-8-4-6-13-5-2-3-7-15(13)16/h2-11H,1H3. The highest BCUT2D eigenvalue weighted by atomic mass is 19.1. The molecule has 98 valence electrons. The van der Waals surface area contributed by atoms with Crippen LogP contribution < -0.4 is 0 Å². The molecular formula is C18H13FO. The summed E-state index contributed by atoms with van der Waals surface area (Å²) in [5.41, 5.74) is 1.52. The summed E-state index contributed by atoms with van der Waals surface area (Å²) in [5.74, 6) is -0.503. The molecule has 0 radical (unpaired) electrons. The van der Waals surface area contributed by atoms with Crippen LogP contribution in [0.3, 0.4) is 0 Å². The van der Waals surface area contributed by atoms with Crippen molar-refractivity contribution in [2.45, 2.75) is 6.92 Å². The number of halogens is 1. The van der Waals surface area contributed by atoms with Gasteiger partial charge in [0.05, 0.1) is 0 Å². The van der Waals surface area contributed by atoms with Crippen LogP contribution in [-0.4, -0.2) is 5.78 Å². The minimum Gasteiger partial charge on any atom is -0.289 e. The van der Waals surface area contributed by atoms with Crippen LogP contribution in [0.1, 0.15) is 21.5 Å². The molecular weight excluding hydrogens is 251 g/mol. The first kappa shape index (κ1) is 12.5. The van der Waals surface area contributed by atoms with Crippen LogP contribution in [0, 0.1) is 12.7 Å². The quantitative estimate of drug-likeness (QED) is 0.622. The Kier molecular flexibility index (Phi) is 3.07. The fourth-order valence-electron chi connectivity index (χ4n) is 2.31. The van der Waals surface area contributed by atoms with Crippen LogP contribution in [-0.2, 0) is 0 Å². The molecule has 0 bridgehead atoms. The van der Waals surface area contributed by atoms with E-state index in [0.29, 0.717) is 16.7 Å². The molecule has 0 spiro atoms. The second kappa shape index (κ2) is 4.89. The van der Waals surface area contributed by atoms with Gasteiger partial charge in [0.15, 0.2) is 5.78 Å². The van der Waals surface area contributed by atoms with E-state index in [1.165, 1.54) is 6.07 Å². The van der Waals surface area contributed by atoms with E-state index >= 15 is 0 Å². The number of fused-ring (bicyclic) bond motifs is 1. The molecule has 0 aliphatic carbocycles. The SMILES string of the molecule is Cc1ccc(C(=O)c2cccc3ccccc23)cc1F. The van der Waals surface area contributed by atoms with Gasteiger partial charge in [-0.2, -0.15) is 0 Å². The van der Waals surface area contributed by atoms with Gasteiger partial charge >= 0.3 is 0 Å². The van der Waals surface area contributed by atoms with Crippen molar-refractivity contribution in [2.24, 2.45) is 0 Å². The Labute approximate surface area is 116 Å². The summed E-state index contributed by atoms with van der Waals surface area (Å²) in [6.45, 7) is 1.68. The van der Waals surface area contributed by atoms with Gasteiger partial charge in [-0.25, -0.2) is 4.39 Å². The molecule has 0 fully saturated rings. The number of hydrogen-bond donors (Lipinski definition) is 0. The lowest BCUT2D eigenvalue weighted by Crippen LogP contribution is -2.03. The minimum absolute atomic E-state index is 0.152. The molecule has 0 aliphatic rings. The Hall–Kier alpha value is -2.48. The van der Waals surface area contributed by atoms with E-state index in [9.17, 15) is 9.18 Å². The normalized spacial score (nSPS) is 10.7. The molecule has 2 heteroatoms. The Balaban J connectivity index is 2.15. The number of carbonyl (C=O) groups excluding carboxylic acids is 1. The van der Waals surface area contributed by atoms with Gasteiger partial charge in [-0.15, -0.1) is 0 Å². The van der Waals surface area contributed by atoms with E-state index < -0.39 is 0 Å². The zero-order valence-electron chi connectivity index (χ0n) is 11.1. The fourth-order valence-corrected chi connectivity index (χ4v) is 2.31. The van der Waals surface area contributed by atoms with Gasteiger partial charge in [-0.1, -0.05) is 54.6 Å². The maximum absolute atomic E-state index is 13.6. The highest BCUT2D eigenvalue weighted by molar-refractivity contribution is 6.16. The average Bonchev–Trinajstić information content (AvgIpc) is 2.49. The first-order valence-electron chi connectivity index (χ1n) is 6.45. The number of rotatable bonds is 2. The molecule has 0 saturated carbocycles. The number of benzene rings is 3. The van der Waals surface area contributed by atoms with Crippen LogP contribution in [0.25, 0.3) is 10.8 Å². The fraction of sp³-hybridized carbons (Fsp3) is 0.0556. The number of ketones is 1. The Morgan fingerprint density at radius 2 is 1.70 bits per heavy atom. The van der Waals surface area contributed by atoms with E-state index in [2.05, 4.69) is 0 Å². The molecule has 3 rings (SSSR count). The van der Waals surface area contributed by atoms with Gasteiger partial charge < -0.3 is 0 Å². The monoisotopic (exact) mass is 264 g/mol. The molecule has 0 saturated heterocycles. The maximum Gasteiger partial charge on any atom is 0.193 e. The van der Waals surface area contributed by atoms with E-state index in [0.717, 1.165) is 10.8 Å².